The van der Waals surface area contributed by atoms with Crippen LogP contribution >= 0.6 is 0 Å². The van der Waals surface area contributed by atoms with E-state index in [-0.39, 0.29) is 24.1 Å². The molecule has 1 aromatic rings. The molecule has 0 aliphatic carbocycles. The summed E-state index contributed by atoms with van der Waals surface area (Å²) in [5.41, 5.74) is 2.30. The zero-order valence-corrected chi connectivity index (χ0v) is 15.8. The van der Waals surface area contributed by atoms with E-state index in [1.54, 1.807) is 6.92 Å². The van der Waals surface area contributed by atoms with E-state index in [2.05, 4.69) is 40.7 Å². The number of rotatable bonds is 6. The van der Waals surface area contributed by atoms with Crippen LogP contribution in [0.3, 0.4) is 0 Å². The first-order chi connectivity index (χ1) is 11.2. The minimum Gasteiger partial charge on any atom is -0.400 e. The average Bonchev–Trinajstić information content (AvgIpc) is 2.72. The average molecular weight is 328 g/mol. The van der Waals surface area contributed by atoms with Crippen molar-refractivity contribution < 1.29 is 14.1 Å². The normalized spacial score (nSPS) is 19.6. The van der Waals surface area contributed by atoms with Gasteiger partial charge in [0.25, 0.3) is 0 Å². The maximum atomic E-state index is 11.4. The molecule has 4 heteroatoms. The van der Waals surface area contributed by atoms with Gasteiger partial charge in [-0.2, -0.15) is 0 Å². The minimum absolute atomic E-state index is 0.0858. The number of Topliss-reactive ketones (excluding diaryl/α,β-unsaturated/α-hetero) is 1. The van der Waals surface area contributed by atoms with E-state index in [4.69, 9.17) is 9.31 Å². The van der Waals surface area contributed by atoms with Gasteiger partial charge < -0.3 is 9.31 Å². The summed E-state index contributed by atoms with van der Waals surface area (Å²) in [6.07, 6.45) is 5.31. The Kier molecular flexibility index (Phi) is 5.72. The molecule has 1 aliphatic heterocycles. The second kappa shape index (κ2) is 7.24. The summed E-state index contributed by atoms with van der Waals surface area (Å²) in [7, 11) is -0.311. The molecule has 0 saturated carbocycles. The van der Waals surface area contributed by atoms with Crippen molar-refractivity contribution in [2.75, 3.05) is 0 Å². The molecule has 1 saturated heterocycles. The van der Waals surface area contributed by atoms with E-state index >= 15 is 0 Å². The van der Waals surface area contributed by atoms with Crippen molar-refractivity contribution in [2.24, 2.45) is 0 Å². The molecule has 1 aromatic carbocycles. The highest BCUT2D eigenvalue weighted by molar-refractivity contribution is 6.55. The molecule has 0 atom stereocenters. The Morgan fingerprint density at radius 2 is 1.62 bits per heavy atom. The molecule has 1 heterocycles. The highest BCUT2D eigenvalue weighted by Gasteiger charge is 2.52. The maximum absolute atomic E-state index is 11.4. The molecular formula is C20H29BO3. The highest BCUT2D eigenvalue weighted by atomic mass is 16.7. The molecule has 0 N–H and O–H groups in total. The first-order valence-electron chi connectivity index (χ1n) is 8.83. The summed E-state index contributed by atoms with van der Waals surface area (Å²) in [4.78, 5) is 11.4. The Balaban J connectivity index is 2.26. The van der Waals surface area contributed by atoms with E-state index in [1.807, 2.05) is 24.3 Å². The van der Waals surface area contributed by atoms with Crippen molar-refractivity contribution in [3.8, 4) is 0 Å². The van der Waals surface area contributed by atoms with Gasteiger partial charge in [-0.05, 0) is 52.1 Å². The molecule has 0 radical (unpaired) electrons. The van der Waals surface area contributed by atoms with Gasteiger partial charge in [0.15, 0.2) is 5.78 Å². The summed E-state index contributed by atoms with van der Waals surface area (Å²) >= 11 is 0. The number of carbonyl (C=O) groups excluding carboxylic acids is 1. The van der Waals surface area contributed by atoms with Crippen molar-refractivity contribution in [3.63, 3.8) is 0 Å². The molecule has 3 nitrogen and oxygen atoms in total. The minimum atomic E-state index is -0.332. The van der Waals surface area contributed by atoms with Crippen LogP contribution in [0.25, 0.3) is 6.08 Å². The molecule has 24 heavy (non-hydrogen) atoms. The van der Waals surface area contributed by atoms with Gasteiger partial charge in [-0.1, -0.05) is 50.1 Å². The van der Waals surface area contributed by atoms with Gasteiger partial charge in [0.1, 0.15) is 0 Å². The summed E-state index contributed by atoms with van der Waals surface area (Å²) < 4.78 is 12.4. The lowest BCUT2D eigenvalue weighted by Gasteiger charge is -2.32. The Morgan fingerprint density at radius 1 is 1.08 bits per heavy atom. The van der Waals surface area contributed by atoms with Crippen LogP contribution in [0.5, 0.6) is 0 Å². The number of hydrogen-bond donors (Lipinski definition) is 0. The van der Waals surface area contributed by atoms with Crippen LogP contribution in [-0.2, 0) is 9.31 Å². The molecule has 0 aromatic heterocycles. The smallest absolute Gasteiger partial charge is 0.400 e. The lowest BCUT2D eigenvalue weighted by atomic mass is 9.74. The second-order valence-electron chi connectivity index (χ2n) is 7.59. The number of ketones is 1. The number of benzene rings is 1. The monoisotopic (exact) mass is 328 g/mol. The number of carbonyl (C=O) groups is 1. The third kappa shape index (κ3) is 4.17. The third-order valence-electron chi connectivity index (χ3n) is 5.04. The van der Waals surface area contributed by atoms with Gasteiger partial charge in [0, 0.05) is 5.56 Å². The number of unbranched alkanes of at least 4 members (excludes halogenated alkanes) is 1. The molecule has 0 amide bonds. The number of allylic oxidation sites excluding steroid dienone is 1. The predicted molar refractivity (Wildman–Crippen MR) is 100 cm³/mol. The molecular weight excluding hydrogens is 299 g/mol. The van der Waals surface area contributed by atoms with E-state index in [1.165, 1.54) is 0 Å². The van der Waals surface area contributed by atoms with Crippen LogP contribution in [0.2, 0.25) is 0 Å². The van der Waals surface area contributed by atoms with Crippen LogP contribution in [0.4, 0.5) is 0 Å². The fraction of sp³-hybridized carbons (Fsp3) is 0.550. The van der Waals surface area contributed by atoms with E-state index in [9.17, 15) is 4.79 Å². The largest absolute Gasteiger partial charge is 0.490 e. The zero-order valence-electron chi connectivity index (χ0n) is 15.8. The van der Waals surface area contributed by atoms with Crippen LogP contribution in [0.15, 0.2) is 29.7 Å². The van der Waals surface area contributed by atoms with Gasteiger partial charge >= 0.3 is 7.12 Å². The molecule has 0 spiro atoms. The Bertz CT molecular complexity index is 598. The van der Waals surface area contributed by atoms with Gasteiger partial charge in [-0.25, -0.2) is 0 Å². The SMILES string of the molecule is CCCC/C(=C\c1ccc(C(C)=O)cc1)B1OC(C)(C)C(C)(C)O1. The standard InChI is InChI=1S/C20H29BO3/c1-7-8-9-18(21-23-19(3,4)20(5,6)24-21)14-16-10-12-17(13-11-16)15(2)22/h10-14H,7-9H2,1-6H3/b18-14+. The van der Waals surface area contributed by atoms with E-state index in [0.29, 0.717) is 0 Å². The summed E-state index contributed by atoms with van der Waals surface area (Å²) in [5, 5.41) is 0. The first-order valence-corrected chi connectivity index (χ1v) is 8.83. The third-order valence-corrected chi connectivity index (χ3v) is 5.04. The Labute approximate surface area is 146 Å². The van der Waals surface area contributed by atoms with Crippen molar-refractivity contribution >= 4 is 19.0 Å². The van der Waals surface area contributed by atoms with E-state index in [0.717, 1.165) is 35.9 Å². The topological polar surface area (TPSA) is 35.5 Å². The van der Waals surface area contributed by atoms with Crippen molar-refractivity contribution in [1.29, 1.82) is 0 Å². The fourth-order valence-electron chi connectivity index (χ4n) is 2.66. The molecule has 1 fully saturated rings. The molecule has 2 rings (SSSR count). The fourth-order valence-corrected chi connectivity index (χ4v) is 2.66. The van der Waals surface area contributed by atoms with Gasteiger partial charge in [0.05, 0.1) is 11.2 Å². The summed E-state index contributed by atoms with van der Waals surface area (Å²) in [5.74, 6) is 0.0858. The van der Waals surface area contributed by atoms with Gasteiger partial charge in [0.2, 0.25) is 0 Å². The quantitative estimate of drug-likeness (QED) is 0.539. The zero-order chi connectivity index (χ0) is 18.0. The van der Waals surface area contributed by atoms with Gasteiger partial charge in [-0.15, -0.1) is 0 Å². The van der Waals surface area contributed by atoms with Crippen LogP contribution in [0, 0.1) is 0 Å². The molecule has 130 valence electrons. The Morgan fingerprint density at radius 3 is 2.08 bits per heavy atom. The predicted octanol–water partition coefficient (Wildman–Crippen LogP) is 5.09. The first kappa shape index (κ1) is 18.9. The second-order valence-corrected chi connectivity index (χ2v) is 7.59. The summed E-state index contributed by atoms with van der Waals surface area (Å²) in [6.45, 7) is 12.1. The van der Waals surface area contributed by atoms with Crippen molar-refractivity contribution in [3.05, 3.63) is 40.9 Å². The van der Waals surface area contributed by atoms with Crippen LogP contribution in [0.1, 0.15) is 76.7 Å². The maximum Gasteiger partial charge on any atom is 0.490 e. The lowest BCUT2D eigenvalue weighted by Crippen LogP contribution is -2.41. The summed E-state index contributed by atoms with van der Waals surface area (Å²) in [6, 6.07) is 7.70. The van der Waals surface area contributed by atoms with Crippen LogP contribution in [-0.4, -0.2) is 24.1 Å². The molecule has 0 bridgehead atoms. The van der Waals surface area contributed by atoms with Crippen LogP contribution < -0.4 is 0 Å². The molecule has 0 unspecified atom stereocenters. The van der Waals surface area contributed by atoms with Crippen molar-refractivity contribution in [2.45, 2.75) is 72.0 Å². The Hall–Kier alpha value is -1.39. The highest BCUT2D eigenvalue weighted by Crippen LogP contribution is 2.39. The van der Waals surface area contributed by atoms with Gasteiger partial charge in [-0.3, -0.25) is 4.79 Å². The lowest BCUT2D eigenvalue weighted by molar-refractivity contribution is 0.00578. The van der Waals surface area contributed by atoms with Crippen molar-refractivity contribution in [1.82, 2.24) is 0 Å². The number of hydrogen-bond acceptors (Lipinski definition) is 3. The van der Waals surface area contributed by atoms with E-state index < -0.39 is 0 Å². The molecule has 1 aliphatic rings.